The molecule has 0 saturated heterocycles. The SMILES string of the molecule is CCCCCCCCC(CCCCCCCC)(CC(=O)[O-])C(=O)OS(=O)(=O)O.CCCCCCCCC(CCCCCCCC)(CC(=O)[O-])C(=O)OS(=O)(=O)O.[Na+].[Na+]. The number of carboxylic acid groups (broad SMARTS) is 2. The molecule has 0 fully saturated rings. The van der Waals surface area contributed by atoms with Crippen molar-refractivity contribution in [2.45, 2.75) is 220 Å². The molecule has 0 aliphatic heterocycles. The molecule has 0 amide bonds. The van der Waals surface area contributed by atoms with Crippen LogP contribution in [0.5, 0.6) is 0 Å². The molecule has 0 aromatic heterocycles. The Morgan fingerprint density at radius 2 is 0.603 bits per heavy atom. The second kappa shape index (κ2) is 38.4. The maximum Gasteiger partial charge on any atom is 1.00 e. The molecule has 0 radical (unpaired) electrons. The summed E-state index contributed by atoms with van der Waals surface area (Å²) in [6.45, 7) is 8.43. The largest absolute Gasteiger partial charge is 1.00 e. The van der Waals surface area contributed by atoms with E-state index in [1.807, 2.05) is 0 Å². The maximum atomic E-state index is 12.5. The first-order valence-corrected chi connectivity index (χ1v) is 23.9. The van der Waals surface area contributed by atoms with Gasteiger partial charge in [-0.3, -0.25) is 18.7 Å². The summed E-state index contributed by atoms with van der Waals surface area (Å²) in [4.78, 5) is 47.6. The van der Waals surface area contributed by atoms with Crippen LogP contribution >= 0.6 is 0 Å². The van der Waals surface area contributed by atoms with Gasteiger partial charge in [0.2, 0.25) is 0 Å². The third kappa shape index (κ3) is 36.4. The van der Waals surface area contributed by atoms with Gasteiger partial charge in [-0.2, -0.15) is 16.8 Å². The number of aliphatic carboxylic acids is 2. The number of carbonyl (C=O) groups is 4. The molecular weight excluding hydrogens is 815 g/mol. The molecule has 0 heterocycles. The summed E-state index contributed by atoms with van der Waals surface area (Å²) in [5.74, 6) is -5.24. The summed E-state index contributed by atoms with van der Waals surface area (Å²) >= 11 is 0. The zero-order valence-electron chi connectivity index (χ0n) is 36.8. The average molecular weight is 889 g/mol. The molecule has 0 aromatic rings. The van der Waals surface area contributed by atoms with E-state index >= 15 is 0 Å². The van der Waals surface area contributed by atoms with E-state index < -0.39 is 68.3 Å². The molecule has 0 unspecified atom stereocenters. The minimum atomic E-state index is -4.99. The van der Waals surface area contributed by atoms with Gasteiger partial charge in [-0.25, -0.2) is 0 Å². The van der Waals surface area contributed by atoms with Crippen molar-refractivity contribution >= 4 is 44.7 Å². The van der Waals surface area contributed by atoms with Crippen LogP contribution in [0.3, 0.4) is 0 Å². The smallest absolute Gasteiger partial charge is 0.550 e. The molecule has 18 heteroatoms. The van der Waals surface area contributed by atoms with Crippen molar-refractivity contribution in [2.75, 3.05) is 0 Å². The molecule has 14 nitrogen and oxygen atoms in total. The van der Waals surface area contributed by atoms with Gasteiger partial charge >= 0.3 is 91.9 Å². The first-order valence-electron chi connectivity index (χ1n) is 21.2. The Labute approximate surface area is 395 Å². The van der Waals surface area contributed by atoms with Crippen molar-refractivity contribution in [3.05, 3.63) is 0 Å². The van der Waals surface area contributed by atoms with Crippen molar-refractivity contribution in [1.29, 1.82) is 0 Å². The number of hydrogen-bond donors (Lipinski definition) is 2. The van der Waals surface area contributed by atoms with E-state index in [2.05, 4.69) is 36.1 Å². The van der Waals surface area contributed by atoms with Crippen LogP contribution in [0.15, 0.2) is 0 Å². The number of rotatable bonds is 36. The van der Waals surface area contributed by atoms with Crippen LogP contribution in [0, 0.1) is 10.8 Å². The molecule has 0 aliphatic rings. The zero-order valence-corrected chi connectivity index (χ0v) is 42.5. The molecule has 0 aliphatic carbocycles. The van der Waals surface area contributed by atoms with Crippen molar-refractivity contribution in [1.82, 2.24) is 0 Å². The summed E-state index contributed by atoms with van der Waals surface area (Å²) in [6, 6.07) is 0. The molecule has 0 bridgehead atoms. The van der Waals surface area contributed by atoms with Crippen LogP contribution < -0.4 is 69.3 Å². The molecule has 0 saturated carbocycles. The van der Waals surface area contributed by atoms with E-state index in [1.54, 1.807) is 0 Å². The summed E-state index contributed by atoms with van der Waals surface area (Å²) < 4.78 is 70.2. The van der Waals surface area contributed by atoms with Gasteiger partial charge in [0, 0.05) is 24.8 Å². The van der Waals surface area contributed by atoms with E-state index in [4.69, 9.17) is 9.11 Å². The van der Waals surface area contributed by atoms with E-state index in [-0.39, 0.29) is 84.8 Å². The Balaban J connectivity index is -0.000000486. The molecular formula is C40H74Na2O14S2. The molecule has 0 aromatic carbocycles. The van der Waals surface area contributed by atoms with Crippen LogP contribution in [-0.2, 0) is 48.3 Å². The summed E-state index contributed by atoms with van der Waals surface area (Å²) in [7, 11) is -9.98. The van der Waals surface area contributed by atoms with Crippen LogP contribution in [0.4, 0.5) is 0 Å². The first-order chi connectivity index (χ1) is 26.3. The monoisotopic (exact) mass is 888 g/mol. The Morgan fingerprint density at radius 1 is 0.414 bits per heavy atom. The first kappa shape index (κ1) is 64.3. The molecule has 2 N–H and O–H groups in total. The summed E-state index contributed by atoms with van der Waals surface area (Å²) in [6.07, 6.45) is 22.3. The van der Waals surface area contributed by atoms with Gasteiger partial charge in [-0.15, -0.1) is 0 Å². The van der Waals surface area contributed by atoms with Gasteiger partial charge in [0.05, 0.1) is 10.8 Å². The van der Waals surface area contributed by atoms with Crippen molar-refractivity contribution in [3.63, 3.8) is 0 Å². The predicted molar refractivity (Wildman–Crippen MR) is 211 cm³/mol. The van der Waals surface area contributed by atoms with Gasteiger partial charge in [0.15, 0.2) is 0 Å². The molecule has 0 spiro atoms. The fourth-order valence-corrected chi connectivity index (χ4v) is 7.79. The second-order valence-electron chi connectivity index (χ2n) is 15.3. The molecule has 58 heavy (non-hydrogen) atoms. The van der Waals surface area contributed by atoms with Crippen LogP contribution in [0.25, 0.3) is 0 Å². The Bertz CT molecular complexity index is 1160. The topological polar surface area (TPSA) is 242 Å². The minimum Gasteiger partial charge on any atom is -0.550 e. The van der Waals surface area contributed by atoms with Crippen molar-refractivity contribution < 1.29 is 123 Å². The summed E-state index contributed by atoms with van der Waals surface area (Å²) in [5, 5.41) is 22.6. The van der Waals surface area contributed by atoms with Crippen LogP contribution in [0.1, 0.15) is 220 Å². The van der Waals surface area contributed by atoms with Crippen molar-refractivity contribution in [2.24, 2.45) is 10.8 Å². The van der Waals surface area contributed by atoms with Gasteiger partial charge in [0.1, 0.15) is 0 Å². The number of unbranched alkanes of at least 4 members (excludes halogenated alkanes) is 20. The predicted octanol–water partition coefficient (Wildman–Crippen LogP) is 1.93. The van der Waals surface area contributed by atoms with E-state index in [0.29, 0.717) is 25.7 Å². The van der Waals surface area contributed by atoms with E-state index in [0.717, 1.165) is 128 Å². The Kier molecular flexibility index (Phi) is 42.6. The van der Waals surface area contributed by atoms with Gasteiger partial charge in [-0.05, 0) is 25.7 Å². The summed E-state index contributed by atoms with van der Waals surface area (Å²) in [5.41, 5.74) is -2.96. The third-order valence-corrected chi connectivity index (χ3v) is 11.0. The standard InChI is InChI=1S/2C20H38O7S.2Na/c2*1-3-5-7-9-11-13-15-20(17-18(21)22,19(23)27-28(24,25)26)16-14-12-10-8-6-4-2;;/h2*3-17H2,1-2H3,(H,21,22)(H,24,25,26);;/q;;2*+1/p-2. The maximum absolute atomic E-state index is 12.5. The van der Waals surface area contributed by atoms with Crippen LogP contribution in [0.2, 0.25) is 0 Å². The fraction of sp³-hybridized carbons (Fsp3) is 0.900. The third-order valence-electron chi connectivity index (χ3n) is 10.2. The molecule has 0 atom stereocenters. The number of hydrogen-bond acceptors (Lipinski definition) is 12. The van der Waals surface area contributed by atoms with Gasteiger partial charge < -0.3 is 28.2 Å². The number of carbonyl (C=O) groups excluding carboxylic acids is 4. The Morgan fingerprint density at radius 3 is 0.776 bits per heavy atom. The zero-order chi connectivity index (χ0) is 42.9. The van der Waals surface area contributed by atoms with Crippen LogP contribution in [-0.4, -0.2) is 49.8 Å². The van der Waals surface area contributed by atoms with Gasteiger partial charge in [-0.1, -0.05) is 182 Å². The average Bonchev–Trinajstić information content (AvgIpc) is 3.08. The van der Waals surface area contributed by atoms with E-state index in [1.165, 1.54) is 0 Å². The molecule has 332 valence electrons. The van der Waals surface area contributed by atoms with Crippen molar-refractivity contribution in [3.8, 4) is 0 Å². The second-order valence-corrected chi connectivity index (χ2v) is 17.4. The van der Waals surface area contributed by atoms with Gasteiger partial charge in [0.25, 0.3) is 0 Å². The minimum absolute atomic E-state index is 0. The molecule has 0 rings (SSSR count). The fourth-order valence-electron chi connectivity index (χ4n) is 7.05. The quantitative estimate of drug-likeness (QED) is 0.0519. The Hall–Kier alpha value is -0.300. The normalized spacial score (nSPS) is 11.7. The van der Waals surface area contributed by atoms with E-state index in [9.17, 15) is 46.2 Å². The number of carboxylic acids is 2.